The maximum atomic E-state index is 12.0. The number of carbonyl (C=O) groups excluding carboxylic acids is 1. The average Bonchev–Trinajstić information content (AvgIpc) is 2.46. The van der Waals surface area contributed by atoms with Crippen molar-refractivity contribution in [2.75, 3.05) is 12.4 Å². The van der Waals surface area contributed by atoms with Gasteiger partial charge in [-0.1, -0.05) is 23.7 Å². The summed E-state index contributed by atoms with van der Waals surface area (Å²) in [6, 6.07) is 9.37. The maximum Gasteiger partial charge on any atom is 0.312 e. The summed E-state index contributed by atoms with van der Waals surface area (Å²) in [6.07, 6.45) is 0.0244. The molecule has 2 aromatic rings. The van der Waals surface area contributed by atoms with E-state index in [4.69, 9.17) is 16.3 Å². The summed E-state index contributed by atoms with van der Waals surface area (Å²) < 4.78 is 4.90. The molecule has 2 rings (SSSR count). The zero-order chi connectivity index (χ0) is 16.1. The predicted molar refractivity (Wildman–Crippen MR) is 81.2 cm³/mol. The number of benzene rings is 1. The number of methoxy groups -OCH3 is 1. The summed E-state index contributed by atoms with van der Waals surface area (Å²) in [5, 5.41) is 13.9. The number of anilines is 1. The Morgan fingerprint density at radius 3 is 2.82 bits per heavy atom. The molecule has 0 spiro atoms. The Kier molecular flexibility index (Phi) is 4.90. The second-order valence-corrected chi connectivity index (χ2v) is 4.77. The first-order chi connectivity index (χ1) is 10.5. The number of rotatable bonds is 5. The minimum absolute atomic E-state index is 0.0244. The van der Waals surface area contributed by atoms with Gasteiger partial charge in [0.1, 0.15) is 0 Å². The van der Waals surface area contributed by atoms with Gasteiger partial charge in [0, 0.05) is 17.2 Å². The zero-order valence-electron chi connectivity index (χ0n) is 11.6. The van der Waals surface area contributed by atoms with Crippen molar-refractivity contribution < 1.29 is 14.5 Å². The minimum atomic E-state index is -0.624. The Hall–Kier alpha value is -2.67. The van der Waals surface area contributed by atoms with Crippen molar-refractivity contribution in [3.63, 3.8) is 0 Å². The number of amides is 1. The summed E-state index contributed by atoms with van der Waals surface area (Å²) in [5.41, 5.74) is 0.385. The van der Waals surface area contributed by atoms with Crippen molar-refractivity contribution in [1.29, 1.82) is 0 Å². The molecule has 0 radical (unpaired) electrons. The molecule has 0 saturated carbocycles. The highest BCUT2D eigenvalue weighted by molar-refractivity contribution is 6.30. The normalized spacial score (nSPS) is 10.1. The van der Waals surface area contributed by atoms with Crippen molar-refractivity contribution >= 4 is 29.0 Å². The number of hydrogen-bond acceptors (Lipinski definition) is 5. The van der Waals surface area contributed by atoms with Gasteiger partial charge in [0.25, 0.3) is 0 Å². The predicted octanol–water partition coefficient (Wildman–Crippen LogP) is 2.83. The standard InChI is InChI=1S/C14H12ClN3O4/c1-22-13-6-5-11(18(20)21)14(17-13)16-12(19)8-9-3-2-4-10(15)7-9/h2-7H,8H2,1H3,(H,16,17,19). The lowest BCUT2D eigenvalue weighted by Crippen LogP contribution is -2.16. The van der Waals surface area contributed by atoms with Crippen molar-refractivity contribution in [2.45, 2.75) is 6.42 Å². The number of nitrogens with one attached hydrogen (secondary N) is 1. The Bertz CT molecular complexity index is 721. The van der Waals surface area contributed by atoms with E-state index in [1.807, 2.05) is 0 Å². The highest BCUT2D eigenvalue weighted by atomic mass is 35.5. The molecule has 8 heteroatoms. The van der Waals surface area contributed by atoms with E-state index in [1.165, 1.54) is 19.2 Å². The number of hydrogen-bond donors (Lipinski definition) is 1. The van der Waals surface area contributed by atoms with E-state index in [0.29, 0.717) is 10.6 Å². The third kappa shape index (κ3) is 3.92. The molecule has 1 amide bonds. The van der Waals surface area contributed by atoms with Gasteiger partial charge in [-0.3, -0.25) is 14.9 Å². The van der Waals surface area contributed by atoms with E-state index < -0.39 is 10.8 Å². The second-order valence-electron chi connectivity index (χ2n) is 4.33. The van der Waals surface area contributed by atoms with Gasteiger partial charge in [-0.15, -0.1) is 0 Å². The SMILES string of the molecule is COc1ccc([N+](=O)[O-])c(NC(=O)Cc2cccc(Cl)c2)n1. The maximum absolute atomic E-state index is 12.0. The van der Waals surface area contributed by atoms with Crippen LogP contribution in [0.5, 0.6) is 5.88 Å². The average molecular weight is 322 g/mol. The molecule has 0 fully saturated rings. The molecule has 7 nitrogen and oxygen atoms in total. The van der Waals surface area contributed by atoms with Crippen LogP contribution < -0.4 is 10.1 Å². The van der Waals surface area contributed by atoms with Crippen molar-refractivity contribution in [2.24, 2.45) is 0 Å². The van der Waals surface area contributed by atoms with Crippen LogP contribution in [0, 0.1) is 10.1 Å². The number of nitro groups is 1. The molecule has 0 atom stereocenters. The molecule has 0 aliphatic rings. The number of carbonyl (C=O) groups is 1. The van der Waals surface area contributed by atoms with E-state index in [0.717, 1.165) is 0 Å². The minimum Gasteiger partial charge on any atom is -0.481 e. The largest absolute Gasteiger partial charge is 0.481 e. The fourth-order valence-electron chi connectivity index (χ4n) is 1.80. The third-order valence-electron chi connectivity index (χ3n) is 2.77. The number of nitrogens with zero attached hydrogens (tertiary/aromatic N) is 2. The molecule has 0 aliphatic carbocycles. The molecule has 1 N–H and O–H groups in total. The van der Waals surface area contributed by atoms with Crippen LogP contribution in [0.25, 0.3) is 0 Å². The van der Waals surface area contributed by atoms with Crippen molar-refractivity contribution in [3.05, 3.63) is 57.1 Å². The Balaban J connectivity index is 2.18. The van der Waals surface area contributed by atoms with E-state index in [-0.39, 0.29) is 23.8 Å². The molecule has 1 aromatic carbocycles. The Labute approximate surface area is 131 Å². The second kappa shape index (κ2) is 6.86. The van der Waals surface area contributed by atoms with Crippen LogP contribution in [-0.4, -0.2) is 22.9 Å². The Morgan fingerprint density at radius 2 is 2.18 bits per heavy atom. The van der Waals surface area contributed by atoms with Gasteiger partial charge in [-0.25, -0.2) is 0 Å². The number of ether oxygens (including phenoxy) is 1. The van der Waals surface area contributed by atoms with Crippen LogP contribution in [0.15, 0.2) is 36.4 Å². The highest BCUT2D eigenvalue weighted by Gasteiger charge is 2.18. The van der Waals surface area contributed by atoms with E-state index in [9.17, 15) is 14.9 Å². The van der Waals surface area contributed by atoms with E-state index >= 15 is 0 Å². The van der Waals surface area contributed by atoms with E-state index in [1.54, 1.807) is 24.3 Å². The third-order valence-corrected chi connectivity index (χ3v) is 3.00. The molecule has 0 unspecified atom stereocenters. The van der Waals surface area contributed by atoms with Gasteiger partial charge >= 0.3 is 5.69 Å². The summed E-state index contributed by atoms with van der Waals surface area (Å²) in [4.78, 5) is 26.2. The molecule has 0 aliphatic heterocycles. The summed E-state index contributed by atoms with van der Waals surface area (Å²) in [7, 11) is 1.38. The Morgan fingerprint density at radius 1 is 1.41 bits per heavy atom. The summed E-state index contributed by atoms with van der Waals surface area (Å²) >= 11 is 5.84. The highest BCUT2D eigenvalue weighted by Crippen LogP contribution is 2.25. The monoisotopic (exact) mass is 321 g/mol. The smallest absolute Gasteiger partial charge is 0.312 e. The molecule has 1 aromatic heterocycles. The van der Waals surface area contributed by atoms with Crippen LogP contribution in [0.3, 0.4) is 0 Å². The van der Waals surface area contributed by atoms with Gasteiger partial charge in [0.05, 0.1) is 18.5 Å². The van der Waals surface area contributed by atoms with Crippen LogP contribution in [0.1, 0.15) is 5.56 Å². The van der Waals surface area contributed by atoms with Crippen molar-refractivity contribution in [1.82, 2.24) is 4.98 Å². The van der Waals surface area contributed by atoms with Crippen LogP contribution in [0.4, 0.5) is 11.5 Å². The van der Waals surface area contributed by atoms with Gasteiger partial charge in [0.2, 0.25) is 17.6 Å². The summed E-state index contributed by atoms with van der Waals surface area (Å²) in [6.45, 7) is 0. The lowest BCUT2D eigenvalue weighted by atomic mass is 10.1. The summed E-state index contributed by atoms with van der Waals surface area (Å²) in [5.74, 6) is -0.425. The molecular weight excluding hydrogens is 310 g/mol. The number of pyridine rings is 1. The van der Waals surface area contributed by atoms with Crippen molar-refractivity contribution in [3.8, 4) is 5.88 Å². The first kappa shape index (κ1) is 15.7. The molecule has 0 saturated heterocycles. The van der Waals surface area contributed by atoms with Crippen LogP contribution in [-0.2, 0) is 11.2 Å². The zero-order valence-corrected chi connectivity index (χ0v) is 12.3. The first-order valence-electron chi connectivity index (χ1n) is 6.23. The van der Waals surface area contributed by atoms with Gasteiger partial charge < -0.3 is 10.1 Å². The molecule has 22 heavy (non-hydrogen) atoms. The van der Waals surface area contributed by atoms with Gasteiger partial charge in [-0.05, 0) is 17.7 Å². The lowest BCUT2D eigenvalue weighted by molar-refractivity contribution is -0.384. The molecular formula is C14H12ClN3O4. The quantitative estimate of drug-likeness (QED) is 0.675. The lowest BCUT2D eigenvalue weighted by Gasteiger charge is -2.07. The van der Waals surface area contributed by atoms with Gasteiger partial charge in [0.15, 0.2) is 0 Å². The van der Waals surface area contributed by atoms with E-state index in [2.05, 4.69) is 10.3 Å². The van der Waals surface area contributed by atoms with Crippen LogP contribution in [0.2, 0.25) is 5.02 Å². The first-order valence-corrected chi connectivity index (χ1v) is 6.61. The molecule has 1 heterocycles. The topological polar surface area (TPSA) is 94.4 Å². The number of aromatic nitrogens is 1. The number of halogens is 1. The van der Waals surface area contributed by atoms with Crippen LogP contribution >= 0.6 is 11.6 Å². The molecule has 114 valence electrons. The van der Waals surface area contributed by atoms with Gasteiger partial charge in [-0.2, -0.15) is 4.98 Å². The fourth-order valence-corrected chi connectivity index (χ4v) is 2.01. The molecule has 0 bridgehead atoms. The fraction of sp³-hybridized carbons (Fsp3) is 0.143.